The number of anilines is 1. The summed E-state index contributed by atoms with van der Waals surface area (Å²) in [6.45, 7) is 4.72. The molecule has 0 atom stereocenters. The topological polar surface area (TPSA) is 65.4 Å². The van der Waals surface area contributed by atoms with E-state index in [-0.39, 0.29) is 5.91 Å². The van der Waals surface area contributed by atoms with Gasteiger partial charge in [-0.15, -0.1) is 0 Å². The van der Waals surface area contributed by atoms with Crippen molar-refractivity contribution in [2.45, 2.75) is 27.0 Å². The van der Waals surface area contributed by atoms with Crippen LogP contribution in [0.2, 0.25) is 5.02 Å². The fourth-order valence-electron chi connectivity index (χ4n) is 3.69. The van der Waals surface area contributed by atoms with E-state index in [1.54, 1.807) is 19.2 Å². The summed E-state index contributed by atoms with van der Waals surface area (Å²) in [5.41, 5.74) is 4.83. The second-order valence-electron chi connectivity index (χ2n) is 7.93. The van der Waals surface area contributed by atoms with E-state index in [1.165, 1.54) is 0 Å². The van der Waals surface area contributed by atoms with Crippen LogP contribution in [0.3, 0.4) is 0 Å². The van der Waals surface area contributed by atoms with E-state index in [4.69, 9.17) is 21.1 Å². The molecule has 0 fully saturated rings. The van der Waals surface area contributed by atoms with E-state index >= 15 is 0 Å². The molecule has 0 unspecified atom stereocenters. The van der Waals surface area contributed by atoms with Gasteiger partial charge in [0.2, 0.25) is 0 Å². The van der Waals surface area contributed by atoms with Crippen molar-refractivity contribution >= 4 is 23.2 Å². The van der Waals surface area contributed by atoms with Crippen molar-refractivity contribution in [3.63, 3.8) is 0 Å². The number of nitrogens with one attached hydrogen (secondary N) is 1. The first-order valence-corrected chi connectivity index (χ1v) is 11.3. The number of methoxy groups -OCH3 is 1. The number of nitrogens with zero attached hydrogens (tertiary/aromatic N) is 2. The first-order valence-electron chi connectivity index (χ1n) is 10.9. The van der Waals surface area contributed by atoms with Crippen LogP contribution in [0.15, 0.2) is 72.8 Å². The Morgan fingerprint density at radius 2 is 1.76 bits per heavy atom. The van der Waals surface area contributed by atoms with E-state index in [1.807, 2.05) is 79.2 Å². The molecule has 0 aliphatic carbocycles. The minimum absolute atomic E-state index is 0.202. The van der Waals surface area contributed by atoms with E-state index in [0.717, 1.165) is 28.3 Å². The van der Waals surface area contributed by atoms with E-state index in [9.17, 15) is 4.79 Å². The Hall–Kier alpha value is -3.77. The predicted molar refractivity (Wildman–Crippen MR) is 134 cm³/mol. The first kappa shape index (κ1) is 23.4. The lowest BCUT2D eigenvalue weighted by Crippen LogP contribution is -2.14. The molecule has 1 amide bonds. The molecular formula is C27H26ClN3O3. The average molecular weight is 476 g/mol. The normalized spacial score (nSPS) is 10.7. The summed E-state index contributed by atoms with van der Waals surface area (Å²) in [5.74, 6) is 1.20. The molecule has 0 spiro atoms. The average Bonchev–Trinajstić information content (AvgIpc) is 3.11. The van der Waals surface area contributed by atoms with Crippen molar-refractivity contribution in [1.29, 1.82) is 0 Å². The van der Waals surface area contributed by atoms with E-state index in [0.29, 0.717) is 35.2 Å². The van der Waals surface area contributed by atoms with Crippen LogP contribution in [0.4, 0.5) is 5.69 Å². The Morgan fingerprint density at radius 1 is 1.00 bits per heavy atom. The molecule has 34 heavy (non-hydrogen) atoms. The zero-order chi connectivity index (χ0) is 24.1. The van der Waals surface area contributed by atoms with Gasteiger partial charge in [-0.1, -0.05) is 48.0 Å². The molecule has 7 heteroatoms. The molecular weight excluding hydrogens is 450 g/mol. The lowest BCUT2D eigenvalue weighted by molar-refractivity contribution is 0.102. The molecule has 4 aromatic rings. The molecule has 0 aliphatic rings. The highest BCUT2D eigenvalue weighted by molar-refractivity contribution is 6.32. The van der Waals surface area contributed by atoms with Gasteiger partial charge >= 0.3 is 0 Å². The van der Waals surface area contributed by atoms with Crippen molar-refractivity contribution in [3.05, 3.63) is 106 Å². The van der Waals surface area contributed by atoms with Gasteiger partial charge in [-0.2, -0.15) is 5.10 Å². The number of rotatable bonds is 8. The Morgan fingerprint density at radius 3 is 2.56 bits per heavy atom. The van der Waals surface area contributed by atoms with Gasteiger partial charge < -0.3 is 14.8 Å². The molecule has 6 nitrogen and oxygen atoms in total. The molecule has 1 N–H and O–H groups in total. The zero-order valence-corrected chi connectivity index (χ0v) is 20.1. The number of ether oxygens (including phenoxy) is 2. The van der Waals surface area contributed by atoms with Gasteiger partial charge in [0.1, 0.15) is 18.1 Å². The number of aromatic nitrogens is 2. The van der Waals surface area contributed by atoms with Crippen LogP contribution < -0.4 is 14.8 Å². The Bertz CT molecular complexity index is 1320. The molecule has 3 aromatic carbocycles. The van der Waals surface area contributed by atoms with Gasteiger partial charge in [0.05, 0.1) is 35.8 Å². The van der Waals surface area contributed by atoms with Crippen LogP contribution in [-0.4, -0.2) is 22.8 Å². The van der Waals surface area contributed by atoms with Crippen molar-refractivity contribution in [2.24, 2.45) is 0 Å². The largest absolute Gasteiger partial charge is 0.497 e. The van der Waals surface area contributed by atoms with Crippen LogP contribution in [0, 0.1) is 13.8 Å². The Labute approximate surface area is 204 Å². The number of benzene rings is 3. The molecule has 0 saturated heterocycles. The summed E-state index contributed by atoms with van der Waals surface area (Å²) in [6, 6.07) is 22.5. The molecule has 4 rings (SSSR count). The molecule has 0 bridgehead atoms. The van der Waals surface area contributed by atoms with Crippen LogP contribution >= 0.6 is 11.6 Å². The second kappa shape index (κ2) is 10.4. The number of amides is 1. The third kappa shape index (κ3) is 5.41. The summed E-state index contributed by atoms with van der Waals surface area (Å²) in [7, 11) is 1.65. The highest BCUT2D eigenvalue weighted by Gasteiger charge is 2.16. The number of carbonyl (C=O) groups excluding carboxylic acids is 1. The van der Waals surface area contributed by atoms with E-state index < -0.39 is 0 Å². The Balaban J connectivity index is 1.46. The molecule has 0 saturated carbocycles. The van der Waals surface area contributed by atoms with Crippen molar-refractivity contribution in [3.8, 4) is 11.5 Å². The lowest BCUT2D eigenvalue weighted by atomic mass is 10.1. The molecule has 1 aromatic heterocycles. The van der Waals surface area contributed by atoms with Gasteiger partial charge in [0.15, 0.2) is 0 Å². The van der Waals surface area contributed by atoms with Crippen molar-refractivity contribution in [1.82, 2.24) is 9.78 Å². The zero-order valence-electron chi connectivity index (χ0n) is 19.3. The molecule has 0 aliphatic heterocycles. The number of hydrogen-bond donors (Lipinski definition) is 1. The Kier molecular flexibility index (Phi) is 7.18. The van der Waals surface area contributed by atoms with Crippen molar-refractivity contribution < 1.29 is 14.3 Å². The summed E-state index contributed by atoms with van der Waals surface area (Å²) >= 11 is 6.16. The number of carbonyl (C=O) groups is 1. The van der Waals surface area contributed by atoms with Gasteiger partial charge in [-0.25, -0.2) is 0 Å². The highest BCUT2D eigenvalue weighted by Crippen LogP contribution is 2.25. The second-order valence-corrected chi connectivity index (χ2v) is 8.34. The monoisotopic (exact) mass is 475 g/mol. The lowest BCUT2D eigenvalue weighted by Gasteiger charge is -2.10. The van der Waals surface area contributed by atoms with Gasteiger partial charge in [0, 0.05) is 5.56 Å². The molecule has 174 valence electrons. The summed E-state index contributed by atoms with van der Waals surface area (Å²) in [6.07, 6.45) is 0. The predicted octanol–water partition coefficient (Wildman–Crippen LogP) is 6.04. The summed E-state index contributed by atoms with van der Waals surface area (Å²) in [4.78, 5) is 13.0. The fourth-order valence-corrected chi connectivity index (χ4v) is 3.88. The number of hydrogen-bond acceptors (Lipinski definition) is 4. The minimum atomic E-state index is -0.202. The van der Waals surface area contributed by atoms with Gasteiger partial charge in [-0.3, -0.25) is 9.48 Å². The summed E-state index contributed by atoms with van der Waals surface area (Å²) < 4.78 is 13.0. The van der Waals surface area contributed by atoms with Crippen LogP contribution in [0.1, 0.15) is 32.9 Å². The third-order valence-corrected chi connectivity index (χ3v) is 5.82. The van der Waals surface area contributed by atoms with Crippen molar-refractivity contribution in [2.75, 3.05) is 12.4 Å². The van der Waals surface area contributed by atoms with Gasteiger partial charge in [-0.05, 0) is 61.4 Å². The fraction of sp³-hybridized carbons (Fsp3) is 0.185. The van der Waals surface area contributed by atoms with Gasteiger partial charge in [0.25, 0.3) is 5.91 Å². The van der Waals surface area contributed by atoms with Crippen LogP contribution in [-0.2, 0) is 13.2 Å². The smallest absolute Gasteiger partial charge is 0.255 e. The minimum Gasteiger partial charge on any atom is -0.497 e. The van der Waals surface area contributed by atoms with Crippen LogP contribution in [0.5, 0.6) is 11.5 Å². The first-order chi connectivity index (χ1) is 16.4. The number of para-hydroxylation sites is 1. The molecule has 1 heterocycles. The molecule has 0 radical (unpaired) electrons. The SMILES string of the molecule is COc1cccc(Cn2nc(C)c(NC(=O)c3cccc(COc4ccccc4Cl)c3)c2C)c1. The maximum absolute atomic E-state index is 13.0. The van der Waals surface area contributed by atoms with E-state index in [2.05, 4.69) is 10.4 Å². The maximum atomic E-state index is 13.0. The standard InChI is InChI=1S/C27H26ClN3O3/c1-18-26(19(2)31(30-18)16-20-8-7-11-23(15-20)33-3)29-27(32)22-10-6-9-21(14-22)17-34-25-13-5-4-12-24(25)28/h4-15H,16-17H2,1-3H3,(H,29,32). The number of halogens is 1. The van der Waals surface area contributed by atoms with Crippen LogP contribution in [0.25, 0.3) is 0 Å². The third-order valence-electron chi connectivity index (χ3n) is 5.51. The number of aryl methyl sites for hydroxylation is 1. The highest BCUT2D eigenvalue weighted by atomic mass is 35.5. The summed E-state index contributed by atoms with van der Waals surface area (Å²) in [5, 5.41) is 8.20. The quantitative estimate of drug-likeness (QED) is 0.337. The maximum Gasteiger partial charge on any atom is 0.255 e.